The normalized spacial score (nSPS) is 48.9. The summed E-state index contributed by atoms with van der Waals surface area (Å²) >= 11 is 0. The fourth-order valence-corrected chi connectivity index (χ4v) is 32.5. The van der Waals surface area contributed by atoms with Gasteiger partial charge in [0.1, 0.15) is 22.0 Å². The molecule has 15 aliphatic carbocycles. The molecule has 0 heterocycles. The Balaban J connectivity index is 0.000000171. The average molecular weight is 1550 g/mol. The van der Waals surface area contributed by atoms with E-state index in [4.69, 9.17) is 29.8 Å². The predicted molar refractivity (Wildman–Crippen MR) is 441 cm³/mol. The molecule has 0 aliphatic heterocycles. The highest BCUT2D eigenvalue weighted by Gasteiger charge is 2.76. The fraction of sp³-hybridized carbons (Fsp3) is 0.885. The van der Waals surface area contributed by atoms with Crippen LogP contribution >= 0.6 is 0 Å². The van der Waals surface area contributed by atoms with Crippen LogP contribution < -0.4 is 11.9 Å². The Morgan fingerprint density at radius 2 is 0.676 bits per heavy atom. The lowest BCUT2D eigenvalue weighted by Gasteiger charge is -2.71. The average Bonchev–Trinajstić information content (AvgIpc) is 0.681. The summed E-state index contributed by atoms with van der Waals surface area (Å²) in [4.78, 5) is 62.1. The van der Waals surface area contributed by atoms with Crippen LogP contribution in [0.5, 0.6) is 0 Å². The Kier molecular flexibility index (Phi) is 23.2. The summed E-state index contributed by atoms with van der Waals surface area (Å²) in [5.41, 5.74) is 9.19. The summed E-state index contributed by atoms with van der Waals surface area (Å²) in [5, 5.41) is 54.0. The summed E-state index contributed by atoms with van der Waals surface area (Å²) in [6.45, 7) is 51.1. The van der Waals surface area contributed by atoms with Gasteiger partial charge in [0.05, 0.1) is 45.7 Å². The van der Waals surface area contributed by atoms with Crippen LogP contribution in [0.15, 0.2) is 34.9 Å². The van der Waals surface area contributed by atoms with E-state index in [1.54, 1.807) is 0 Å². The van der Waals surface area contributed by atoms with Gasteiger partial charge in [0.2, 0.25) is 0 Å². The van der Waals surface area contributed by atoms with Crippen molar-refractivity contribution in [1.82, 2.24) is 6.15 Å². The number of methoxy groups -OCH3 is 3. The van der Waals surface area contributed by atoms with Gasteiger partial charge in [-0.2, -0.15) is 0 Å². The van der Waals surface area contributed by atoms with Gasteiger partial charge in [-0.1, -0.05) is 188 Å². The minimum Gasteiger partial charge on any atom is -0.481 e. The monoisotopic (exact) mass is 1550 g/mol. The van der Waals surface area contributed by atoms with Gasteiger partial charge >= 0.3 is 17.9 Å². The minimum absolute atomic E-state index is 0. The lowest BCUT2D eigenvalue weighted by atomic mass is 9.33. The quantitative estimate of drug-likeness (QED) is 0.0786. The number of aliphatic carboxylic acids is 1. The molecule has 15 aliphatic rings. The van der Waals surface area contributed by atoms with Crippen LogP contribution in [0.3, 0.4) is 0 Å². The summed E-state index contributed by atoms with van der Waals surface area (Å²) in [5.74, 6) is 2.22. The third-order valence-corrected chi connectivity index (χ3v) is 39.6. The third-order valence-electron chi connectivity index (χ3n) is 39.6. The first-order valence-electron chi connectivity index (χ1n) is 43.6. The van der Waals surface area contributed by atoms with Crippen LogP contribution in [0.4, 0.5) is 0 Å². The van der Waals surface area contributed by atoms with Gasteiger partial charge < -0.3 is 51.6 Å². The summed E-state index contributed by atoms with van der Waals surface area (Å²) in [7, 11) is 4.47. The number of aliphatic hydroxyl groups is 4. The zero-order valence-electron chi connectivity index (χ0n) is 73.7. The number of carboxylic acids is 1. The number of ether oxygens (including phenoxy) is 3. The largest absolute Gasteiger partial charge is 0.481 e. The van der Waals surface area contributed by atoms with Gasteiger partial charge in [-0.25, -0.2) is 0 Å². The molecule has 0 aromatic heterocycles. The fourth-order valence-electron chi connectivity index (χ4n) is 32.5. The van der Waals surface area contributed by atoms with E-state index in [1.165, 1.54) is 57.3 Å². The minimum atomic E-state index is -0.833. The SMILES string of the molecule is C.CC(=O)O.COC(=O)[C@]12CCC(C)(C)C[C@H]1C1=CC[C@@H]3[C@@]4(C)CCC(=O)C(C)(C)[C@@H]4CC[C@@]3(C)[C@]1(C)C[C@H]2O.COC(=O)[C@]12CCC(C)(C)C[C@H]1C1=CC[C@@H]3[C@@]4(C)CCC(N)C(C)(C)[C@@H]4CC[C@@]3(C)[C@]1(C)C[C@H]2O.COC(=O)[C@]12CCC(C)(C)C[C@H]1C1=CC[C@@H]3[C@@]4(C)CC[C@H](O)C(C)(C)[C@@H]4CC[C@@]3(C)[C@]1(C)C[C@H]2O.N. The van der Waals surface area contributed by atoms with Gasteiger partial charge in [-0.15, -0.1) is 0 Å². The number of aliphatic hydroxyl groups excluding tert-OH is 4. The first kappa shape index (κ1) is 89.9. The van der Waals surface area contributed by atoms with E-state index in [0.717, 1.165) is 122 Å². The number of carbonyl (C=O) groups excluding carboxylic acids is 4. The van der Waals surface area contributed by atoms with Crippen LogP contribution in [0, 0.1) is 151 Å². The molecular formula is C96H160N2O13. The third kappa shape index (κ3) is 12.5. The molecule has 0 aromatic carbocycles. The Bertz CT molecular complexity index is 3540. The van der Waals surface area contributed by atoms with Crippen molar-refractivity contribution in [2.24, 2.45) is 156 Å². The summed E-state index contributed by atoms with van der Waals surface area (Å²) in [6.07, 6.45) is 30.9. The van der Waals surface area contributed by atoms with E-state index in [9.17, 15) is 39.6 Å². The molecule has 26 atom stereocenters. The molecule has 12 fully saturated rings. The molecule has 15 nitrogen and oxygen atoms in total. The molecule has 0 spiro atoms. The van der Waals surface area contributed by atoms with Crippen molar-refractivity contribution in [1.29, 1.82) is 0 Å². The van der Waals surface area contributed by atoms with Gasteiger partial charge in [-0.3, -0.25) is 24.0 Å². The standard InChI is InChI=1S/C31H51NO3.C31H50O4.C31H48O4.C2H4O2.CH4.H3N/c3*1-26(2)15-16-31(25(34)35-8)20(17-26)19-9-10-22-28(5)13-12-23(32)27(3,4)21(28)11-14-29(22,6)30(19,7)18-24(31)33;1-2(3)4;;/h9,20-24,33H,10-18,32H2,1-8H3;9,20-24,32-33H,10-18H2,1-8H3;9,20-22,24,33H,10-18H2,1-8H3;1H3,(H,3,4);1H4;1H3/t20-,21-,22+,23?,24+,28-,29+,30+,31+;20-,21-,22+,23-,24+,28-,29+,30+,31+;20-,21-,22+,24+,28-,29+,30+,31+;;;/m000.../s1. The number of allylic oxidation sites excluding steroid dienone is 6. The molecule has 10 N–H and O–H groups in total. The van der Waals surface area contributed by atoms with Crippen molar-refractivity contribution in [3.8, 4) is 0 Å². The van der Waals surface area contributed by atoms with E-state index < -0.39 is 40.5 Å². The van der Waals surface area contributed by atoms with E-state index in [1.807, 2.05) is 0 Å². The molecule has 0 aromatic rings. The number of hydrogen-bond donors (Lipinski definition) is 7. The molecule has 0 bridgehead atoms. The molecule has 12 saturated carbocycles. The molecule has 0 saturated heterocycles. The van der Waals surface area contributed by atoms with Gasteiger partial charge in [0.15, 0.2) is 0 Å². The second kappa shape index (κ2) is 28.6. The highest BCUT2D eigenvalue weighted by molar-refractivity contribution is 5.86. The van der Waals surface area contributed by atoms with Crippen LogP contribution in [-0.4, -0.2) is 107 Å². The molecule has 111 heavy (non-hydrogen) atoms. The number of Topliss-reactive ketones (excluding diaryl/α,β-unsaturated/α-hetero) is 1. The maximum absolute atomic E-state index is 13.4. The van der Waals surface area contributed by atoms with Crippen molar-refractivity contribution in [2.75, 3.05) is 21.3 Å². The lowest BCUT2D eigenvalue weighted by Crippen LogP contribution is -2.68. The zero-order valence-corrected chi connectivity index (χ0v) is 73.7. The molecule has 15 heteroatoms. The summed E-state index contributed by atoms with van der Waals surface area (Å²) < 4.78 is 16.2. The lowest BCUT2D eigenvalue weighted by molar-refractivity contribution is -0.219. The molecule has 0 amide bonds. The van der Waals surface area contributed by atoms with Crippen molar-refractivity contribution in [3.05, 3.63) is 34.9 Å². The highest BCUT2D eigenvalue weighted by Crippen LogP contribution is 2.80. The van der Waals surface area contributed by atoms with E-state index in [2.05, 4.69) is 164 Å². The second-order valence-corrected chi connectivity index (χ2v) is 46.4. The van der Waals surface area contributed by atoms with Crippen molar-refractivity contribution >= 4 is 29.7 Å². The number of rotatable bonds is 3. The number of ketones is 1. The first-order chi connectivity index (χ1) is 50.0. The molecule has 632 valence electrons. The predicted octanol–water partition coefficient (Wildman–Crippen LogP) is 19.9. The van der Waals surface area contributed by atoms with Gasteiger partial charge in [-0.05, 0) is 296 Å². The number of fused-ring (bicyclic) bond motifs is 21. The first-order valence-corrected chi connectivity index (χ1v) is 43.6. The molecule has 1 unspecified atom stereocenters. The Morgan fingerprint density at radius 1 is 0.387 bits per heavy atom. The number of hydrogen-bond acceptors (Lipinski definition) is 14. The van der Waals surface area contributed by atoms with Crippen molar-refractivity contribution in [2.45, 2.75) is 364 Å². The van der Waals surface area contributed by atoms with Crippen molar-refractivity contribution in [3.63, 3.8) is 0 Å². The van der Waals surface area contributed by atoms with Crippen LogP contribution in [0.25, 0.3) is 0 Å². The second-order valence-electron chi connectivity index (χ2n) is 46.4. The van der Waals surface area contributed by atoms with Crippen LogP contribution in [0.2, 0.25) is 0 Å². The van der Waals surface area contributed by atoms with Crippen LogP contribution in [-0.2, 0) is 38.2 Å². The topological polar surface area (TPSA) is 275 Å². The molecular weight excluding hydrogens is 1390 g/mol. The summed E-state index contributed by atoms with van der Waals surface area (Å²) in [6, 6.07) is 0.275. The molecule has 0 radical (unpaired) electrons. The van der Waals surface area contributed by atoms with Crippen molar-refractivity contribution < 1.29 is 63.7 Å². The van der Waals surface area contributed by atoms with E-state index in [-0.39, 0.29) is 143 Å². The van der Waals surface area contributed by atoms with E-state index in [0.29, 0.717) is 79.8 Å². The van der Waals surface area contributed by atoms with Crippen LogP contribution in [0.1, 0.15) is 333 Å². The number of carboxylic acid groups (broad SMARTS) is 1. The maximum atomic E-state index is 13.4. The number of carbonyl (C=O) groups is 5. The van der Waals surface area contributed by atoms with Gasteiger partial charge in [0, 0.05) is 24.8 Å². The van der Waals surface area contributed by atoms with E-state index >= 15 is 0 Å². The Morgan fingerprint density at radius 3 is 0.991 bits per heavy atom. The smallest absolute Gasteiger partial charge is 0.315 e. The van der Waals surface area contributed by atoms with Gasteiger partial charge in [0.25, 0.3) is 5.97 Å². The molecule has 15 rings (SSSR count). The highest BCUT2D eigenvalue weighted by atomic mass is 16.5. The number of esters is 3. The maximum Gasteiger partial charge on any atom is 0.315 e. The Labute approximate surface area is 672 Å². The number of nitrogens with two attached hydrogens (primary N) is 1. The zero-order chi connectivity index (χ0) is 81.0. The Hall–Kier alpha value is -3.47.